The van der Waals surface area contributed by atoms with Gasteiger partial charge in [-0.25, -0.2) is 0 Å². The second kappa shape index (κ2) is 7.78. The standard InChI is InChI=1S/C12H16BrNO3S/c1-16-7-9(17-2)6-14-12(15)10-4-3-8(13)5-11(10)18/h3-5,9,18H,6-7H2,1-2H3,(H,14,15). The Morgan fingerprint density at radius 3 is 2.78 bits per heavy atom. The number of carbonyl (C=O) groups is 1. The van der Waals surface area contributed by atoms with Crippen molar-refractivity contribution in [3.05, 3.63) is 28.2 Å². The summed E-state index contributed by atoms with van der Waals surface area (Å²) in [6.07, 6.45) is -0.155. The predicted octanol–water partition coefficient (Wildman–Crippen LogP) is 2.13. The van der Waals surface area contributed by atoms with Gasteiger partial charge in [-0.3, -0.25) is 4.79 Å². The zero-order chi connectivity index (χ0) is 13.5. The molecule has 100 valence electrons. The molecule has 4 nitrogen and oxygen atoms in total. The highest BCUT2D eigenvalue weighted by molar-refractivity contribution is 9.10. The van der Waals surface area contributed by atoms with Crippen LogP contribution < -0.4 is 5.32 Å². The Hall–Kier alpha value is -0.560. The molecule has 0 aliphatic carbocycles. The van der Waals surface area contributed by atoms with Crippen LogP contribution >= 0.6 is 28.6 Å². The number of amides is 1. The molecule has 0 saturated heterocycles. The van der Waals surface area contributed by atoms with E-state index in [9.17, 15) is 4.79 Å². The maximum absolute atomic E-state index is 11.9. The summed E-state index contributed by atoms with van der Waals surface area (Å²) in [7, 11) is 3.17. The number of carbonyl (C=O) groups excluding carboxylic acids is 1. The molecule has 1 aromatic carbocycles. The lowest BCUT2D eigenvalue weighted by Gasteiger charge is -2.15. The van der Waals surface area contributed by atoms with Crippen LogP contribution in [0, 0.1) is 0 Å². The van der Waals surface area contributed by atoms with Crippen LogP contribution in [0.4, 0.5) is 0 Å². The molecule has 1 atom stereocenters. The Labute approximate surface area is 121 Å². The van der Waals surface area contributed by atoms with Gasteiger partial charge >= 0.3 is 0 Å². The Bertz CT molecular complexity index is 414. The molecule has 1 amide bonds. The quantitative estimate of drug-likeness (QED) is 0.784. The minimum absolute atomic E-state index is 0.155. The molecule has 0 aliphatic heterocycles. The smallest absolute Gasteiger partial charge is 0.252 e. The molecule has 18 heavy (non-hydrogen) atoms. The van der Waals surface area contributed by atoms with E-state index in [1.165, 1.54) is 0 Å². The van der Waals surface area contributed by atoms with E-state index in [4.69, 9.17) is 9.47 Å². The number of nitrogens with one attached hydrogen (secondary N) is 1. The molecule has 1 unspecified atom stereocenters. The largest absolute Gasteiger partial charge is 0.382 e. The summed E-state index contributed by atoms with van der Waals surface area (Å²) in [5.74, 6) is -0.175. The molecular formula is C12H16BrNO3S. The number of methoxy groups -OCH3 is 2. The van der Waals surface area contributed by atoms with Crippen molar-refractivity contribution < 1.29 is 14.3 Å². The van der Waals surface area contributed by atoms with E-state index in [1.54, 1.807) is 32.4 Å². The van der Waals surface area contributed by atoms with Gasteiger partial charge in [-0.05, 0) is 18.2 Å². The number of hydrogen-bond acceptors (Lipinski definition) is 4. The lowest BCUT2D eigenvalue weighted by molar-refractivity contribution is 0.0285. The first-order chi connectivity index (χ1) is 8.58. The van der Waals surface area contributed by atoms with Crippen molar-refractivity contribution in [3.63, 3.8) is 0 Å². The van der Waals surface area contributed by atoms with E-state index in [0.717, 1.165) is 4.47 Å². The van der Waals surface area contributed by atoms with Gasteiger partial charge in [0.1, 0.15) is 0 Å². The third-order valence-electron chi connectivity index (χ3n) is 2.38. The lowest BCUT2D eigenvalue weighted by Crippen LogP contribution is -2.35. The molecule has 6 heteroatoms. The van der Waals surface area contributed by atoms with Crippen molar-refractivity contribution in [2.45, 2.75) is 11.0 Å². The third kappa shape index (κ3) is 4.61. The van der Waals surface area contributed by atoms with Crippen molar-refractivity contribution in [1.29, 1.82) is 0 Å². The number of ether oxygens (including phenoxy) is 2. The monoisotopic (exact) mass is 333 g/mol. The summed E-state index contributed by atoms with van der Waals surface area (Å²) in [5, 5.41) is 2.79. The second-order valence-electron chi connectivity index (χ2n) is 3.68. The molecular weight excluding hydrogens is 318 g/mol. The Kier molecular flexibility index (Phi) is 6.70. The summed E-state index contributed by atoms with van der Waals surface area (Å²) in [5.41, 5.74) is 0.536. The highest BCUT2D eigenvalue weighted by Crippen LogP contribution is 2.19. The number of halogens is 1. The normalized spacial score (nSPS) is 12.2. The molecule has 0 saturated carbocycles. The van der Waals surface area contributed by atoms with Gasteiger partial charge in [0.25, 0.3) is 5.91 Å². The van der Waals surface area contributed by atoms with E-state index >= 15 is 0 Å². The zero-order valence-corrected chi connectivity index (χ0v) is 12.8. The van der Waals surface area contributed by atoms with E-state index in [0.29, 0.717) is 23.6 Å². The molecule has 0 spiro atoms. The lowest BCUT2D eigenvalue weighted by atomic mass is 10.2. The van der Waals surface area contributed by atoms with Gasteiger partial charge in [0.15, 0.2) is 0 Å². The average molecular weight is 334 g/mol. The van der Waals surface area contributed by atoms with Crippen molar-refractivity contribution in [2.24, 2.45) is 0 Å². The van der Waals surface area contributed by atoms with Crippen LogP contribution in [0.25, 0.3) is 0 Å². The highest BCUT2D eigenvalue weighted by Gasteiger charge is 2.12. The first-order valence-corrected chi connectivity index (χ1v) is 6.61. The minimum Gasteiger partial charge on any atom is -0.382 e. The van der Waals surface area contributed by atoms with Crippen molar-refractivity contribution in [1.82, 2.24) is 5.32 Å². The van der Waals surface area contributed by atoms with Crippen molar-refractivity contribution in [3.8, 4) is 0 Å². The van der Waals surface area contributed by atoms with Crippen LogP contribution in [0.5, 0.6) is 0 Å². The maximum Gasteiger partial charge on any atom is 0.252 e. The molecule has 0 aromatic heterocycles. The molecule has 0 bridgehead atoms. The Balaban J connectivity index is 2.59. The van der Waals surface area contributed by atoms with Crippen LogP contribution in [0.15, 0.2) is 27.6 Å². The number of thiol groups is 1. The predicted molar refractivity (Wildman–Crippen MR) is 76.4 cm³/mol. The van der Waals surface area contributed by atoms with Gasteiger partial charge < -0.3 is 14.8 Å². The van der Waals surface area contributed by atoms with Gasteiger partial charge in [0, 0.05) is 30.1 Å². The summed E-state index contributed by atoms with van der Waals surface area (Å²) in [4.78, 5) is 12.6. The molecule has 0 heterocycles. The van der Waals surface area contributed by atoms with Crippen molar-refractivity contribution in [2.75, 3.05) is 27.4 Å². The molecule has 1 rings (SSSR count). The van der Waals surface area contributed by atoms with E-state index < -0.39 is 0 Å². The third-order valence-corrected chi connectivity index (χ3v) is 3.24. The van der Waals surface area contributed by atoms with Gasteiger partial charge in [-0.1, -0.05) is 15.9 Å². The van der Waals surface area contributed by atoms with Gasteiger partial charge in [-0.2, -0.15) is 0 Å². The molecule has 0 radical (unpaired) electrons. The SMILES string of the molecule is COCC(CNC(=O)c1ccc(Br)cc1S)OC. The topological polar surface area (TPSA) is 47.6 Å². The van der Waals surface area contributed by atoms with Crippen LogP contribution in [-0.2, 0) is 9.47 Å². The fourth-order valence-corrected chi connectivity index (χ4v) is 2.25. The van der Waals surface area contributed by atoms with E-state index in [1.807, 2.05) is 0 Å². The number of hydrogen-bond donors (Lipinski definition) is 2. The summed E-state index contributed by atoms with van der Waals surface area (Å²) >= 11 is 7.59. The number of benzene rings is 1. The maximum atomic E-state index is 11.9. The second-order valence-corrected chi connectivity index (χ2v) is 5.08. The van der Waals surface area contributed by atoms with Crippen LogP contribution in [-0.4, -0.2) is 39.4 Å². The van der Waals surface area contributed by atoms with Crippen LogP contribution in [0.1, 0.15) is 10.4 Å². The first-order valence-electron chi connectivity index (χ1n) is 5.37. The average Bonchev–Trinajstić information content (AvgIpc) is 2.34. The Morgan fingerprint density at radius 1 is 1.50 bits per heavy atom. The minimum atomic E-state index is -0.175. The molecule has 0 aliphatic rings. The fraction of sp³-hybridized carbons (Fsp3) is 0.417. The fourth-order valence-electron chi connectivity index (χ4n) is 1.39. The van der Waals surface area contributed by atoms with E-state index in [-0.39, 0.29) is 12.0 Å². The summed E-state index contributed by atoms with van der Waals surface area (Å²) < 4.78 is 11.0. The van der Waals surface area contributed by atoms with E-state index in [2.05, 4.69) is 33.9 Å². The molecule has 1 aromatic rings. The zero-order valence-electron chi connectivity index (χ0n) is 10.3. The molecule has 0 fully saturated rings. The first kappa shape index (κ1) is 15.5. The van der Waals surface area contributed by atoms with Gasteiger partial charge in [0.05, 0.1) is 18.3 Å². The Morgan fingerprint density at radius 2 is 2.22 bits per heavy atom. The number of rotatable bonds is 6. The van der Waals surface area contributed by atoms with Gasteiger partial charge in [0.2, 0.25) is 0 Å². The summed E-state index contributed by atoms with van der Waals surface area (Å²) in [6, 6.07) is 5.30. The van der Waals surface area contributed by atoms with Crippen LogP contribution in [0.2, 0.25) is 0 Å². The van der Waals surface area contributed by atoms with Crippen LogP contribution in [0.3, 0.4) is 0 Å². The summed E-state index contributed by atoms with van der Waals surface area (Å²) in [6.45, 7) is 0.831. The highest BCUT2D eigenvalue weighted by atomic mass is 79.9. The molecule has 1 N–H and O–H groups in total. The van der Waals surface area contributed by atoms with Crippen molar-refractivity contribution >= 4 is 34.5 Å². The van der Waals surface area contributed by atoms with Gasteiger partial charge in [-0.15, -0.1) is 12.6 Å².